The smallest absolute Gasteiger partial charge is 0.133 e. The molecule has 0 saturated carbocycles. The molecule has 0 saturated heterocycles. The van der Waals surface area contributed by atoms with E-state index in [1.54, 1.807) is 11.3 Å². The molecule has 4 heteroatoms. The lowest BCUT2D eigenvalue weighted by molar-refractivity contribution is 0.556. The van der Waals surface area contributed by atoms with Gasteiger partial charge < -0.3 is 5.73 Å². The van der Waals surface area contributed by atoms with Crippen LogP contribution in [0.2, 0.25) is 0 Å². The van der Waals surface area contributed by atoms with Crippen molar-refractivity contribution in [3.63, 3.8) is 0 Å². The summed E-state index contributed by atoms with van der Waals surface area (Å²) in [6.07, 6.45) is 2.22. The Morgan fingerprint density at radius 1 is 1.38 bits per heavy atom. The maximum absolute atomic E-state index is 5.70. The van der Waals surface area contributed by atoms with E-state index < -0.39 is 0 Å². The van der Waals surface area contributed by atoms with E-state index in [9.17, 15) is 0 Å². The molecule has 0 fully saturated rings. The number of hydrogen-bond donors (Lipinski definition) is 1. The zero-order chi connectivity index (χ0) is 9.84. The lowest BCUT2D eigenvalue weighted by Crippen LogP contribution is -2.03. The third-order valence-electron chi connectivity index (χ3n) is 2.09. The second-order valence-corrected chi connectivity index (χ2v) is 4.63. The van der Waals surface area contributed by atoms with Crippen molar-refractivity contribution in [3.05, 3.63) is 10.0 Å². The largest absolute Gasteiger partial charge is 0.322 e. The van der Waals surface area contributed by atoms with Crippen molar-refractivity contribution in [2.75, 3.05) is 0 Å². The molecule has 0 aromatic carbocycles. The third kappa shape index (κ3) is 3.04. The minimum atomic E-state index is 0.0168. The molecule has 1 aromatic rings. The molecule has 1 aromatic heterocycles. The van der Waals surface area contributed by atoms with Gasteiger partial charge in [-0.05, 0) is 12.8 Å². The second-order valence-electron chi connectivity index (χ2n) is 3.54. The lowest BCUT2D eigenvalue weighted by atomic mass is 10.1. The number of hydrogen-bond acceptors (Lipinski definition) is 4. The van der Waals surface area contributed by atoms with E-state index in [1.807, 2.05) is 6.92 Å². The molecule has 1 rings (SSSR count). The van der Waals surface area contributed by atoms with Crippen molar-refractivity contribution in [2.24, 2.45) is 11.7 Å². The molecule has 1 heterocycles. The predicted octanol–water partition coefficient (Wildman–Crippen LogP) is 2.15. The van der Waals surface area contributed by atoms with Crippen LogP contribution in [0, 0.1) is 5.92 Å². The molecule has 2 atom stereocenters. The lowest BCUT2D eigenvalue weighted by Gasteiger charge is -2.03. The van der Waals surface area contributed by atoms with Crippen molar-refractivity contribution < 1.29 is 0 Å². The Kier molecular flexibility index (Phi) is 3.81. The van der Waals surface area contributed by atoms with E-state index in [0.29, 0.717) is 5.92 Å². The molecule has 0 radical (unpaired) electrons. The van der Waals surface area contributed by atoms with E-state index in [2.05, 4.69) is 24.0 Å². The zero-order valence-corrected chi connectivity index (χ0v) is 9.27. The first kappa shape index (κ1) is 10.6. The van der Waals surface area contributed by atoms with Crippen molar-refractivity contribution in [1.29, 1.82) is 0 Å². The third-order valence-corrected chi connectivity index (χ3v) is 3.24. The van der Waals surface area contributed by atoms with Crippen molar-refractivity contribution in [2.45, 2.75) is 39.7 Å². The topological polar surface area (TPSA) is 51.8 Å². The highest BCUT2D eigenvalue weighted by atomic mass is 32.1. The fraction of sp³-hybridized carbons (Fsp3) is 0.778. The summed E-state index contributed by atoms with van der Waals surface area (Å²) < 4.78 is 0. The minimum Gasteiger partial charge on any atom is -0.322 e. The molecule has 0 aliphatic carbocycles. The number of nitrogens with two attached hydrogens (primary N) is 1. The Morgan fingerprint density at radius 2 is 2.08 bits per heavy atom. The molecular weight excluding hydrogens is 182 g/mol. The fourth-order valence-electron chi connectivity index (χ4n) is 0.976. The highest BCUT2D eigenvalue weighted by molar-refractivity contribution is 7.11. The highest BCUT2D eigenvalue weighted by Crippen LogP contribution is 2.19. The van der Waals surface area contributed by atoms with Crippen LogP contribution in [0.3, 0.4) is 0 Å². The van der Waals surface area contributed by atoms with Gasteiger partial charge >= 0.3 is 0 Å². The number of rotatable bonds is 4. The SMILES string of the molecule is CCC(C)Cc1nnc(C(C)N)s1. The van der Waals surface area contributed by atoms with Crippen LogP contribution >= 0.6 is 11.3 Å². The Bertz CT molecular complexity index is 257. The first-order valence-electron chi connectivity index (χ1n) is 4.71. The maximum atomic E-state index is 5.70. The Hall–Kier alpha value is -0.480. The molecule has 2 N–H and O–H groups in total. The van der Waals surface area contributed by atoms with Gasteiger partial charge in [0.2, 0.25) is 0 Å². The van der Waals surface area contributed by atoms with E-state index in [0.717, 1.165) is 16.4 Å². The van der Waals surface area contributed by atoms with Crippen LogP contribution in [0.5, 0.6) is 0 Å². The Balaban J connectivity index is 2.58. The normalized spacial score (nSPS) is 15.7. The Morgan fingerprint density at radius 3 is 2.54 bits per heavy atom. The molecule has 74 valence electrons. The summed E-state index contributed by atoms with van der Waals surface area (Å²) in [6, 6.07) is 0.0168. The number of aromatic nitrogens is 2. The van der Waals surface area contributed by atoms with Gasteiger partial charge in [0.15, 0.2) is 0 Å². The maximum Gasteiger partial charge on any atom is 0.133 e. The average Bonchev–Trinajstić information content (AvgIpc) is 2.52. The minimum absolute atomic E-state index is 0.0168. The van der Waals surface area contributed by atoms with Gasteiger partial charge in [0.25, 0.3) is 0 Å². The van der Waals surface area contributed by atoms with Crippen LogP contribution in [0.4, 0.5) is 0 Å². The summed E-state index contributed by atoms with van der Waals surface area (Å²) in [6.45, 7) is 6.36. The van der Waals surface area contributed by atoms with Gasteiger partial charge in [-0.25, -0.2) is 0 Å². The van der Waals surface area contributed by atoms with Gasteiger partial charge in [-0.2, -0.15) is 0 Å². The molecule has 3 nitrogen and oxygen atoms in total. The summed E-state index contributed by atoms with van der Waals surface area (Å²) in [5, 5.41) is 10.2. The summed E-state index contributed by atoms with van der Waals surface area (Å²) in [5.41, 5.74) is 5.70. The molecule has 0 spiro atoms. The van der Waals surface area contributed by atoms with Gasteiger partial charge in [0.1, 0.15) is 10.0 Å². The van der Waals surface area contributed by atoms with Gasteiger partial charge in [0.05, 0.1) is 6.04 Å². The standard InChI is InChI=1S/C9H17N3S/c1-4-6(2)5-8-11-12-9(13-8)7(3)10/h6-7H,4-5,10H2,1-3H3. The molecule has 0 bridgehead atoms. The molecule has 0 amide bonds. The Labute approximate surface area is 83.4 Å². The monoisotopic (exact) mass is 199 g/mol. The summed E-state index contributed by atoms with van der Waals surface area (Å²) in [4.78, 5) is 0. The van der Waals surface area contributed by atoms with Crippen LogP contribution in [-0.2, 0) is 6.42 Å². The van der Waals surface area contributed by atoms with Crippen LogP contribution in [-0.4, -0.2) is 10.2 Å². The first-order chi connectivity index (χ1) is 6.13. The highest BCUT2D eigenvalue weighted by Gasteiger charge is 2.09. The second kappa shape index (κ2) is 4.67. The predicted molar refractivity (Wildman–Crippen MR) is 55.7 cm³/mol. The molecule has 0 aliphatic rings. The van der Waals surface area contributed by atoms with Gasteiger partial charge in [-0.15, -0.1) is 10.2 Å². The van der Waals surface area contributed by atoms with E-state index in [1.165, 1.54) is 6.42 Å². The van der Waals surface area contributed by atoms with E-state index in [4.69, 9.17) is 5.73 Å². The van der Waals surface area contributed by atoms with Gasteiger partial charge in [-0.1, -0.05) is 31.6 Å². The van der Waals surface area contributed by atoms with Crippen LogP contribution in [0.15, 0.2) is 0 Å². The molecule has 0 aliphatic heterocycles. The first-order valence-corrected chi connectivity index (χ1v) is 5.53. The summed E-state index contributed by atoms with van der Waals surface area (Å²) in [7, 11) is 0. The van der Waals surface area contributed by atoms with E-state index >= 15 is 0 Å². The molecular formula is C9H17N3S. The van der Waals surface area contributed by atoms with E-state index in [-0.39, 0.29) is 6.04 Å². The van der Waals surface area contributed by atoms with Crippen LogP contribution in [0.1, 0.15) is 43.2 Å². The molecule has 13 heavy (non-hydrogen) atoms. The zero-order valence-electron chi connectivity index (χ0n) is 8.45. The molecule has 2 unspecified atom stereocenters. The number of nitrogens with zero attached hydrogens (tertiary/aromatic N) is 2. The quantitative estimate of drug-likeness (QED) is 0.808. The van der Waals surface area contributed by atoms with Crippen molar-refractivity contribution in [3.8, 4) is 0 Å². The van der Waals surface area contributed by atoms with Crippen molar-refractivity contribution in [1.82, 2.24) is 10.2 Å². The van der Waals surface area contributed by atoms with Gasteiger partial charge in [-0.3, -0.25) is 0 Å². The average molecular weight is 199 g/mol. The van der Waals surface area contributed by atoms with Crippen LogP contribution in [0.25, 0.3) is 0 Å². The van der Waals surface area contributed by atoms with Gasteiger partial charge in [0, 0.05) is 6.42 Å². The summed E-state index contributed by atoms with van der Waals surface area (Å²) >= 11 is 1.64. The summed E-state index contributed by atoms with van der Waals surface area (Å²) in [5.74, 6) is 0.689. The fourth-order valence-corrected chi connectivity index (χ4v) is 1.93. The van der Waals surface area contributed by atoms with Crippen molar-refractivity contribution >= 4 is 11.3 Å². The van der Waals surface area contributed by atoms with Crippen LogP contribution < -0.4 is 5.73 Å².